The van der Waals surface area contributed by atoms with Crippen LogP contribution in [0.2, 0.25) is 0 Å². The van der Waals surface area contributed by atoms with E-state index in [1.54, 1.807) is 84.9 Å². The fourth-order valence-corrected chi connectivity index (χ4v) is 11.9. The molecule has 0 unspecified atom stereocenters. The minimum Gasteiger partial charge on any atom is -0.560 e. The molecule has 9 aromatic rings. The Hall–Kier alpha value is -6.59. The molecule has 0 atom stereocenters. The van der Waals surface area contributed by atoms with Crippen molar-refractivity contribution in [3.05, 3.63) is 273 Å². The summed E-state index contributed by atoms with van der Waals surface area (Å²) in [5.74, 6) is 2.33. The average Bonchev–Trinajstić information content (AvgIpc) is 1.11. The van der Waals surface area contributed by atoms with Crippen LogP contribution < -0.4 is 43.8 Å². The predicted octanol–water partition coefficient (Wildman–Crippen LogP) is 10.8. The first kappa shape index (κ1) is 66.9. The number of benzene rings is 6. The van der Waals surface area contributed by atoms with Crippen LogP contribution in [-0.2, 0) is 87.8 Å². The fourth-order valence-electron chi connectivity index (χ4n) is 8.40. The summed E-state index contributed by atoms with van der Waals surface area (Å²) in [7, 11) is -12.9. The number of sulfonamides is 3. The van der Waals surface area contributed by atoms with Crippen LogP contribution in [0.5, 0.6) is 17.2 Å². The zero-order valence-electron chi connectivity index (χ0n) is 48.9. The van der Waals surface area contributed by atoms with E-state index in [4.69, 9.17) is 53.9 Å². The van der Waals surface area contributed by atoms with Gasteiger partial charge in [0.05, 0.1) is 100 Å². The van der Waals surface area contributed by atoms with Gasteiger partial charge in [0.2, 0.25) is 20.0 Å². The molecule has 0 saturated heterocycles. The molecule has 1 aliphatic heterocycles. The number of hydrogen-bond acceptors (Lipinski definition) is 12. The fraction of sp³-hybridized carbons (Fsp3) is 0.203. The molecule has 4 bridgehead atoms. The van der Waals surface area contributed by atoms with E-state index >= 15 is 0 Å². The molecule has 1 N–H and O–H groups in total. The summed E-state index contributed by atoms with van der Waals surface area (Å²) in [5, 5.41) is 6.72. The number of aromatic nitrogens is 3. The summed E-state index contributed by atoms with van der Waals surface area (Å²) < 4.78 is 115. The number of alkyl halides is 3. The third-order valence-corrected chi connectivity index (χ3v) is 17.8. The van der Waals surface area contributed by atoms with Gasteiger partial charge in [-0.3, -0.25) is 19.3 Å². The van der Waals surface area contributed by atoms with Crippen molar-refractivity contribution in [2.45, 2.75) is 93.2 Å². The van der Waals surface area contributed by atoms with Gasteiger partial charge in [-0.05, 0) is 73.9 Å². The van der Waals surface area contributed by atoms with Crippen molar-refractivity contribution >= 4 is 53.3 Å². The van der Waals surface area contributed by atoms with Crippen molar-refractivity contribution in [3.63, 3.8) is 0 Å². The van der Waals surface area contributed by atoms with Gasteiger partial charge in [-0.1, -0.05) is 144 Å². The van der Waals surface area contributed by atoms with Gasteiger partial charge in [0, 0.05) is 41.3 Å². The molecule has 22 heteroatoms. The van der Waals surface area contributed by atoms with Crippen molar-refractivity contribution in [2.75, 3.05) is 7.15 Å². The third kappa shape index (κ3) is 20.5. The van der Waals surface area contributed by atoms with Crippen molar-refractivity contribution in [3.8, 4) is 17.2 Å². The topological polar surface area (TPSA) is 199 Å². The van der Waals surface area contributed by atoms with Crippen LogP contribution in [0.1, 0.15) is 68.9 Å². The van der Waals surface area contributed by atoms with E-state index in [0.717, 1.165) is 50.5 Å². The van der Waals surface area contributed by atoms with Gasteiger partial charge < -0.3 is 19.3 Å². The number of aryl methyl sites for hydroxylation is 3. The number of pyridine rings is 3. The monoisotopic (exact) mass is 1270 g/mol. The zero-order valence-corrected chi connectivity index (χ0v) is 53.9. The van der Waals surface area contributed by atoms with Crippen LogP contribution >= 0.6 is 23.2 Å². The summed E-state index contributed by atoms with van der Waals surface area (Å²) >= 11 is 11.6. The Bertz CT molecular complexity index is 3730. The van der Waals surface area contributed by atoms with Gasteiger partial charge in [0.25, 0.3) is 0 Å². The normalized spacial score (nSPS) is 12.7. The Kier molecular flexibility index (Phi) is 25.6. The predicted molar refractivity (Wildman–Crippen MR) is 329 cm³/mol. The maximum absolute atomic E-state index is 14.4. The smallest absolute Gasteiger partial charge is 0.560 e. The van der Waals surface area contributed by atoms with Gasteiger partial charge in [-0.15, -0.1) is 23.2 Å². The number of nitrogens with zero attached hydrogens (tertiary/aromatic N) is 5. The van der Waals surface area contributed by atoms with Crippen molar-refractivity contribution in [2.24, 2.45) is 0 Å². The summed E-state index contributed by atoms with van der Waals surface area (Å²) in [4.78, 5) is 14.3. The molecule has 86 heavy (non-hydrogen) atoms. The van der Waals surface area contributed by atoms with E-state index in [0.29, 0.717) is 52.6 Å². The molecular weight excluding hydrogens is 1210 g/mol. The number of halogens is 3. The Morgan fingerprint density at radius 2 is 0.721 bits per heavy atom. The van der Waals surface area contributed by atoms with E-state index in [9.17, 15) is 29.6 Å². The average molecular weight is 1270 g/mol. The summed E-state index contributed by atoms with van der Waals surface area (Å²) in [5.41, 5.74) is 8.93. The molecule has 0 spiro atoms. The molecule has 10 rings (SSSR count). The van der Waals surface area contributed by atoms with Gasteiger partial charge in [0.1, 0.15) is 37.1 Å². The quantitative estimate of drug-likeness (QED) is 0.0656. The molecule has 0 aliphatic carbocycles. The number of ether oxygens (including phenoxy) is 3. The van der Waals surface area contributed by atoms with Crippen LogP contribution in [0.25, 0.3) is 5.14 Å². The van der Waals surface area contributed by atoms with Crippen LogP contribution in [0.15, 0.2) is 215 Å². The Morgan fingerprint density at radius 1 is 0.453 bits per heavy atom. The van der Waals surface area contributed by atoms with E-state index in [1.807, 2.05) is 124 Å². The summed E-state index contributed by atoms with van der Waals surface area (Å²) in [6.07, 6.45) is 0. The number of hydrogen-bond donors (Lipinski definition) is 0. The van der Waals surface area contributed by atoms with E-state index in [1.165, 1.54) is 20.7 Å². The van der Waals surface area contributed by atoms with Crippen molar-refractivity contribution < 1.29 is 74.8 Å². The third-order valence-electron chi connectivity index (χ3n) is 12.7. The molecule has 0 saturated carbocycles. The first-order valence-corrected chi connectivity index (χ1v) is 31.8. The summed E-state index contributed by atoms with van der Waals surface area (Å²) in [6, 6.07) is 59.4. The van der Waals surface area contributed by atoms with E-state index in [2.05, 4.69) is 4.98 Å². The Morgan fingerprint density at radius 3 is 0.988 bits per heavy atom. The SMILES string of the molecule is Cc1ccc(S(=O)(=O)N2Cc3cc(OCc4ccccc4)cc(n3)CN(S(=O)(=O)c3ccc(C)cc3)Cc3cc(OCc4ccccc4)cc(n3)C2)cc1.Cc1ccc(S([NH-])(=O)=O)cc1.ClCc1cc(OCc2ccccc2)cc(CCl)n1.[2H]CF.[Na+]. The number of rotatable bonds is 16. The molecule has 0 amide bonds. The summed E-state index contributed by atoms with van der Waals surface area (Å²) in [6.45, 7) is 6.13. The van der Waals surface area contributed by atoms with Crippen LogP contribution in [0.3, 0.4) is 0 Å². The Labute approximate surface area is 537 Å². The van der Waals surface area contributed by atoms with E-state index < -0.39 is 37.2 Å². The first-order valence-electron chi connectivity index (χ1n) is 27.1. The second kappa shape index (κ2) is 33.0. The van der Waals surface area contributed by atoms with Crippen molar-refractivity contribution in [1.82, 2.24) is 23.6 Å². The molecule has 4 heterocycles. The van der Waals surface area contributed by atoms with Crippen LogP contribution in [0, 0.1) is 20.8 Å². The van der Waals surface area contributed by atoms with Gasteiger partial charge in [-0.2, -0.15) is 8.61 Å². The van der Waals surface area contributed by atoms with Gasteiger partial charge in [-0.25, -0.2) is 25.3 Å². The molecule has 0 fully saturated rings. The van der Waals surface area contributed by atoms with Crippen LogP contribution in [0.4, 0.5) is 4.39 Å². The molecule has 0 radical (unpaired) electrons. The standard InChI is InChI=1S/C42H40N4O6S2.C14H13Cl2NO.C7H8NO2S.CH3F.Na/c1-31-13-17-41(18-14-31)53(47,48)45-25-35-21-39(51-29-33-9-5-3-6-10-33)23-37(43-35)27-46(54(49,50)42-19-15-32(2)16-20-42)28-38-24-40(22-36(26-45)44-38)52-30-34-11-7-4-8-12-34;15-8-12-6-14(7-13(9-16)17-12)18-10-11-4-2-1-3-5-11;1-6-2-4-7(5-3-6)11(8,9)10;1-2;/h3-24H,25-30H2,1-2H3;1-7H,8-10H2;2-5H,1H3,(H-,8,9,10);1H3;/q;;-1;;+1/i;;;1D;. The maximum atomic E-state index is 14.4. The van der Waals surface area contributed by atoms with Crippen molar-refractivity contribution in [1.29, 1.82) is 0 Å². The molecule has 15 nitrogen and oxygen atoms in total. The molecule has 3 aromatic heterocycles. The molecule has 1 aliphatic rings. The second-order valence-corrected chi connectivity index (χ2v) is 25.3. The minimum atomic E-state index is -4.07. The minimum absolute atomic E-state index is 0. The largest absolute Gasteiger partial charge is 1.00 e. The molecule has 444 valence electrons. The second-order valence-electron chi connectivity index (χ2n) is 19.4. The molecule has 6 aromatic carbocycles. The number of fused-ring (bicyclic) bond motifs is 4. The molecular formula is C64H64Cl2FN6NaO9S3. The number of nitrogens with one attached hydrogen (secondary N) is 1. The zero-order chi connectivity index (χ0) is 61.7. The Balaban J connectivity index is 0.000000297. The van der Waals surface area contributed by atoms with Gasteiger partial charge >= 0.3 is 29.6 Å². The maximum Gasteiger partial charge on any atom is 1.00 e. The van der Waals surface area contributed by atoms with E-state index in [-0.39, 0.29) is 83.6 Å². The van der Waals surface area contributed by atoms with Crippen LogP contribution in [-0.4, -0.2) is 56.0 Å². The first-order chi connectivity index (χ1) is 41.2. The van der Waals surface area contributed by atoms with Gasteiger partial charge in [0.15, 0.2) is 0 Å².